The van der Waals surface area contributed by atoms with E-state index in [-0.39, 0.29) is 18.3 Å². The van der Waals surface area contributed by atoms with Crippen molar-refractivity contribution in [2.45, 2.75) is 6.42 Å². The first-order valence-electron chi connectivity index (χ1n) is 9.60. The van der Waals surface area contributed by atoms with Crippen LogP contribution in [0.5, 0.6) is 17.2 Å². The van der Waals surface area contributed by atoms with Crippen molar-refractivity contribution >= 4 is 45.0 Å². The van der Waals surface area contributed by atoms with Gasteiger partial charge in [-0.2, -0.15) is 0 Å². The van der Waals surface area contributed by atoms with Crippen LogP contribution in [-0.2, 0) is 0 Å². The number of fused-ring (bicyclic) bond motifs is 1. The number of hydrogen-bond donors (Lipinski definition) is 0. The third-order valence-electron chi connectivity index (χ3n) is 4.68. The maximum atomic E-state index is 13.5. The minimum absolute atomic E-state index is 0. The molecule has 1 heterocycles. The van der Waals surface area contributed by atoms with E-state index in [4.69, 9.17) is 19.2 Å². The van der Waals surface area contributed by atoms with Crippen molar-refractivity contribution in [2.75, 3.05) is 53.4 Å². The lowest BCUT2D eigenvalue weighted by Gasteiger charge is -2.21. The first-order chi connectivity index (χ1) is 14.5. The highest BCUT2D eigenvalue weighted by Crippen LogP contribution is 2.35. The van der Waals surface area contributed by atoms with E-state index < -0.39 is 0 Å². The van der Waals surface area contributed by atoms with Gasteiger partial charge in [0, 0.05) is 12.1 Å². The zero-order chi connectivity index (χ0) is 21.7. The number of rotatable bonds is 9. The van der Waals surface area contributed by atoms with Crippen molar-refractivity contribution < 1.29 is 19.0 Å². The Balaban J connectivity index is 0.00000341. The summed E-state index contributed by atoms with van der Waals surface area (Å²) in [6.07, 6.45) is 0.819. The lowest BCUT2D eigenvalue weighted by atomic mass is 10.1. The number of benzene rings is 2. The summed E-state index contributed by atoms with van der Waals surface area (Å²) in [7, 11) is 8.78. The normalized spacial score (nSPS) is 10.6. The lowest BCUT2D eigenvalue weighted by molar-refractivity contribution is 0.0985. The molecule has 3 rings (SSSR count). The fourth-order valence-corrected chi connectivity index (χ4v) is 4.15. The Morgan fingerprint density at radius 2 is 1.68 bits per heavy atom. The van der Waals surface area contributed by atoms with Crippen LogP contribution in [0.15, 0.2) is 36.4 Å². The topological polar surface area (TPSA) is 64.1 Å². The van der Waals surface area contributed by atoms with Crippen molar-refractivity contribution in [1.29, 1.82) is 0 Å². The molecule has 0 aliphatic heterocycles. The molecule has 31 heavy (non-hydrogen) atoms. The molecule has 168 valence electrons. The predicted octanol–water partition coefficient (Wildman–Crippen LogP) is 4.34. The molecule has 0 aliphatic carbocycles. The molecule has 7 nitrogen and oxygen atoms in total. The smallest absolute Gasteiger partial charge is 0.260 e. The standard InChI is InChI=1S/C22H27N3O4S.ClH/c1-24(2)12-7-13-25(21(26)15-10-11-16(27-3)18(14-15)29-5)22-23-20-17(28-4)8-6-9-19(20)30-22;/h6,8-11,14H,7,12-13H2,1-5H3;1H. The predicted molar refractivity (Wildman–Crippen MR) is 128 cm³/mol. The molecular weight excluding hydrogens is 438 g/mol. The molecule has 0 radical (unpaired) electrons. The third-order valence-corrected chi connectivity index (χ3v) is 5.73. The fraction of sp³-hybridized carbons (Fsp3) is 0.364. The van der Waals surface area contributed by atoms with Gasteiger partial charge in [-0.15, -0.1) is 12.4 Å². The second-order valence-electron chi connectivity index (χ2n) is 6.99. The molecule has 1 aromatic heterocycles. The van der Waals surface area contributed by atoms with Crippen LogP contribution < -0.4 is 19.1 Å². The van der Waals surface area contributed by atoms with Gasteiger partial charge >= 0.3 is 0 Å². The number of hydrogen-bond acceptors (Lipinski definition) is 7. The third kappa shape index (κ3) is 5.58. The van der Waals surface area contributed by atoms with Gasteiger partial charge in [0.25, 0.3) is 5.91 Å². The molecule has 1 amide bonds. The molecule has 0 bridgehead atoms. The number of amides is 1. The Morgan fingerprint density at radius 3 is 2.32 bits per heavy atom. The van der Waals surface area contributed by atoms with Gasteiger partial charge in [-0.1, -0.05) is 17.4 Å². The van der Waals surface area contributed by atoms with Crippen molar-refractivity contribution in [2.24, 2.45) is 0 Å². The Morgan fingerprint density at radius 1 is 0.968 bits per heavy atom. The van der Waals surface area contributed by atoms with E-state index in [1.54, 1.807) is 44.4 Å². The van der Waals surface area contributed by atoms with E-state index in [1.165, 1.54) is 11.3 Å². The van der Waals surface area contributed by atoms with Crippen LogP contribution in [0, 0.1) is 0 Å². The number of ether oxygens (including phenoxy) is 3. The Hall–Kier alpha value is -2.55. The van der Waals surface area contributed by atoms with Gasteiger partial charge in [0.2, 0.25) is 0 Å². The molecule has 0 saturated heterocycles. The number of halogens is 1. The van der Waals surface area contributed by atoms with Crippen molar-refractivity contribution in [3.63, 3.8) is 0 Å². The number of carbonyl (C=O) groups excluding carboxylic acids is 1. The van der Waals surface area contributed by atoms with Gasteiger partial charge in [-0.3, -0.25) is 9.69 Å². The second-order valence-corrected chi connectivity index (χ2v) is 8.00. The molecule has 9 heteroatoms. The molecule has 0 spiro atoms. The summed E-state index contributed by atoms with van der Waals surface area (Å²) in [6.45, 7) is 1.41. The molecule has 0 N–H and O–H groups in total. The summed E-state index contributed by atoms with van der Waals surface area (Å²) in [5, 5.41) is 0.646. The first-order valence-corrected chi connectivity index (χ1v) is 10.4. The van der Waals surface area contributed by atoms with Gasteiger partial charge < -0.3 is 19.1 Å². The van der Waals surface area contributed by atoms with Gasteiger partial charge in [0.1, 0.15) is 11.3 Å². The Labute approximate surface area is 192 Å². The Bertz CT molecular complexity index is 1030. The van der Waals surface area contributed by atoms with Crippen LogP contribution >= 0.6 is 23.7 Å². The largest absolute Gasteiger partial charge is 0.494 e. The van der Waals surface area contributed by atoms with Crippen molar-refractivity contribution in [3.05, 3.63) is 42.0 Å². The van der Waals surface area contributed by atoms with Crippen LogP contribution in [0.4, 0.5) is 5.13 Å². The highest BCUT2D eigenvalue weighted by Gasteiger charge is 2.23. The molecule has 0 unspecified atom stereocenters. The van der Waals surface area contributed by atoms with Crippen LogP contribution in [-0.4, -0.2) is 64.3 Å². The molecule has 2 aromatic carbocycles. The van der Waals surface area contributed by atoms with Crippen LogP contribution in [0.3, 0.4) is 0 Å². The number of para-hydroxylation sites is 1. The molecular formula is C22H28ClN3O4S. The lowest BCUT2D eigenvalue weighted by Crippen LogP contribution is -2.33. The zero-order valence-corrected chi connectivity index (χ0v) is 20.0. The average molecular weight is 466 g/mol. The maximum absolute atomic E-state index is 13.5. The number of methoxy groups -OCH3 is 3. The van der Waals surface area contributed by atoms with E-state index >= 15 is 0 Å². The van der Waals surface area contributed by atoms with E-state index in [0.29, 0.717) is 34.5 Å². The number of anilines is 1. The SMILES string of the molecule is COc1ccc(C(=O)N(CCCN(C)C)c2nc3c(OC)cccc3s2)cc1OC.Cl. The highest BCUT2D eigenvalue weighted by molar-refractivity contribution is 7.22. The molecule has 0 fully saturated rings. The summed E-state index contributed by atoms with van der Waals surface area (Å²) in [5.74, 6) is 1.66. The highest BCUT2D eigenvalue weighted by atomic mass is 35.5. The summed E-state index contributed by atoms with van der Waals surface area (Å²) in [5.41, 5.74) is 1.28. The fourth-order valence-electron chi connectivity index (χ4n) is 3.15. The molecule has 0 aliphatic rings. The van der Waals surface area contributed by atoms with Crippen molar-refractivity contribution in [1.82, 2.24) is 9.88 Å². The number of thiazole rings is 1. The summed E-state index contributed by atoms with van der Waals surface area (Å²) < 4.78 is 17.1. The number of aromatic nitrogens is 1. The van der Waals surface area contributed by atoms with Crippen LogP contribution in [0.1, 0.15) is 16.8 Å². The van der Waals surface area contributed by atoms with Gasteiger partial charge in [0.05, 0.1) is 26.0 Å². The van der Waals surface area contributed by atoms with E-state index in [1.807, 2.05) is 32.3 Å². The van der Waals surface area contributed by atoms with Gasteiger partial charge in [-0.25, -0.2) is 4.98 Å². The minimum atomic E-state index is -0.132. The molecule has 0 atom stereocenters. The number of nitrogens with zero attached hydrogens (tertiary/aromatic N) is 3. The molecule has 3 aromatic rings. The number of carbonyl (C=O) groups is 1. The van der Waals surface area contributed by atoms with Crippen LogP contribution in [0.2, 0.25) is 0 Å². The van der Waals surface area contributed by atoms with Crippen molar-refractivity contribution in [3.8, 4) is 17.2 Å². The van der Waals surface area contributed by atoms with Crippen LogP contribution in [0.25, 0.3) is 10.2 Å². The van der Waals surface area contributed by atoms with Gasteiger partial charge in [0.15, 0.2) is 16.6 Å². The summed E-state index contributed by atoms with van der Waals surface area (Å²) in [6, 6.07) is 11.0. The van der Waals surface area contributed by atoms with E-state index in [0.717, 1.165) is 23.2 Å². The van der Waals surface area contributed by atoms with E-state index in [9.17, 15) is 4.79 Å². The maximum Gasteiger partial charge on any atom is 0.260 e. The zero-order valence-electron chi connectivity index (χ0n) is 18.4. The average Bonchev–Trinajstić information content (AvgIpc) is 3.19. The Kier molecular flexibility index (Phi) is 8.91. The summed E-state index contributed by atoms with van der Waals surface area (Å²) >= 11 is 1.48. The summed E-state index contributed by atoms with van der Waals surface area (Å²) in [4.78, 5) is 22.0. The quantitative estimate of drug-likeness (QED) is 0.468. The minimum Gasteiger partial charge on any atom is -0.494 e. The first kappa shape index (κ1) is 24.7. The second kappa shape index (κ2) is 11.2. The molecule has 0 saturated carbocycles. The van der Waals surface area contributed by atoms with E-state index in [2.05, 4.69) is 4.90 Å². The van der Waals surface area contributed by atoms with Gasteiger partial charge in [-0.05, 0) is 57.4 Å². The monoisotopic (exact) mass is 465 g/mol.